The van der Waals surface area contributed by atoms with Crippen LogP contribution in [0.4, 0.5) is 18.9 Å². The number of benzene rings is 1. The van der Waals surface area contributed by atoms with Crippen LogP contribution in [0.25, 0.3) is 0 Å². The number of aliphatic hydroxyl groups excluding tert-OH is 1. The maximum Gasteiger partial charge on any atom is 0.416 e. The van der Waals surface area contributed by atoms with E-state index in [0.29, 0.717) is 31.8 Å². The SMILES string of the molecule is O=C(c1ccc(C(F)(F)F)cc1[N+](=O)[O-])N1CCN(CCO)CC1. The molecule has 0 spiro atoms. The van der Waals surface area contributed by atoms with Gasteiger partial charge in [0.25, 0.3) is 11.6 Å². The quantitative estimate of drug-likeness (QED) is 0.656. The number of piperazine rings is 1. The van der Waals surface area contributed by atoms with Crippen molar-refractivity contribution in [2.45, 2.75) is 6.18 Å². The van der Waals surface area contributed by atoms with Gasteiger partial charge in [0.2, 0.25) is 0 Å². The number of aliphatic hydroxyl groups is 1. The topological polar surface area (TPSA) is 86.9 Å². The third-order valence-corrected chi connectivity index (χ3v) is 3.83. The Morgan fingerprint density at radius 1 is 1.25 bits per heavy atom. The van der Waals surface area contributed by atoms with E-state index in [-0.39, 0.29) is 25.3 Å². The van der Waals surface area contributed by atoms with Gasteiger partial charge in [-0.1, -0.05) is 0 Å². The van der Waals surface area contributed by atoms with E-state index in [1.807, 2.05) is 4.90 Å². The third-order valence-electron chi connectivity index (χ3n) is 3.83. The second-order valence-corrected chi connectivity index (χ2v) is 5.34. The Bertz CT molecular complexity index is 628. The van der Waals surface area contributed by atoms with Crippen molar-refractivity contribution in [2.75, 3.05) is 39.3 Å². The summed E-state index contributed by atoms with van der Waals surface area (Å²) >= 11 is 0. The summed E-state index contributed by atoms with van der Waals surface area (Å²) in [5, 5.41) is 19.9. The van der Waals surface area contributed by atoms with Crippen molar-refractivity contribution >= 4 is 11.6 Å². The van der Waals surface area contributed by atoms with E-state index in [2.05, 4.69) is 0 Å². The van der Waals surface area contributed by atoms with Gasteiger partial charge in [0, 0.05) is 38.8 Å². The molecule has 0 unspecified atom stereocenters. The molecule has 0 radical (unpaired) electrons. The molecule has 0 saturated carbocycles. The van der Waals surface area contributed by atoms with E-state index in [4.69, 9.17) is 5.11 Å². The predicted molar refractivity (Wildman–Crippen MR) is 77.5 cm³/mol. The lowest BCUT2D eigenvalue weighted by Gasteiger charge is -2.34. The van der Waals surface area contributed by atoms with Gasteiger partial charge in [-0.05, 0) is 12.1 Å². The number of nitro benzene ring substituents is 1. The van der Waals surface area contributed by atoms with E-state index < -0.39 is 28.3 Å². The number of nitrogens with zero attached hydrogens (tertiary/aromatic N) is 3. The number of carbonyl (C=O) groups is 1. The van der Waals surface area contributed by atoms with Crippen molar-refractivity contribution in [3.05, 3.63) is 39.4 Å². The fraction of sp³-hybridized carbons (Fsp3) is 0.500. The zero-order chi connectivity index (χ0) is 17.9. The highest BCUT2D eigenvalue weighted by molar-refractivity contribution is 5.98. The molecule has 1 aromatic carbocycles. The number of hydrogen-bond donors (Lipinski definition) is 1. The standard InChI is InChI=1S/C14H16F3N3O4/c15-14(16,17)10-1-2-11(12(9-10)20(23)24)13(22)19-5-3-18(4-6-19)7-8-21/h1-2,9,21H,3-8H2. The van der Waals surface area contributed by atoms with Crippen LogP contribution >= 0.6 is 0 Å². The highest BCUT2D eigenvalue weighted by Crippen LogP contribution is 2.33. The maximum absolute atomic E-state index is 12.7. The van der Waals surface area contributed by atoms with Crippen molar-refractivity contribution in [1.29, 1.82) is 0 Å². The molecule has 0 bridgehead atoms. The highest BCUT2D eigenvalue weighted by Gasteiger charge is 2.35. The minimum atomic E-state index is -4.72. The van der Waals surface area contributed by atoms with Crippen LogP contribution in [-0.4, -0.2) is 65.1 Å². The largest absolute Gasteiger partial charge is 0.416 e. The first-order valence-corrected chi connectivity index (χ1v) is 7.22. The molecule has 2 rings (SSSR count). The van der Waals surface area contributed by atoms with Gasteiger partial charge in [0.15, 0.2) is 0 Å². The van der Waals surface area contributed by atoms with Gasteiger partial charge >= 0.3 is 6.18 Å². The highest BCUT2D eigenvalue weighted by atomic mass is 19.4. The molecule has 10 heteroatoms. The monoisotopic (exact) mass is 347 g/mol. The minimum absolute atomic E-state index is 0.0156. The number of amides is 1. The normalized spacial score (nSPS) is 16.2. The number of rotatable bonds is 4. The molecular formula is C14H16F3N3O4. The Kier molecular flexibility index (Phi) is 5.40. The second-order valence-electron chi connectivity index (χ2n) is 5.34. The summed E-state index contributed by atoms with van der Waals surface area (Å²) in [5.74, 6) is -0.668. The number of β-amino-alcohol motifs (C(OH)–C–C–N with tert-alkyl or cyclic N) is 1. The molecule has 1 fully saturated rings. The molecule has 1 N–H and O–H groups in total. The van der Waals surface area contributed by atoms with E-state index in [9.17, 15) is 28.1 Å². The van der Waals surface area contributed by atoms with Crippen LogP contribution in [0.15, 0.2) is 18.2 Å². The molecule has 24 heavy (non-hydrogen) atoms. The van der Waals surface area contributed by atoms with Gasteiger partial charge in [-0.15, -0.1) is 0 Å². The van der Waals surface area contributed by atoms with Crippen molar-refractivity contribution in [3.63, 3.8) is 0 Å². The van der Waals surface area contributed by atoms with Crippen molar-refractivity contribution in [1.82, 2.24) is 9.80 Å². The number of hydrogen-bond acceptors (Lipinski definition) is 5. The van der Waals surface area contributed by atoms with Crippen LogP contribution in [0.2, 0.25) is 0 Å². The lowest BCUT2D eigenvalue weighted by atomic mass is 10.1. The van der Waals surface area contributed by atoms with Crippen molar-refractivity contribution in [2.24, 2.45) is 0 Å². The van der Waals surface area contributed by atoms with Crippen LogP contribution in [0, 0.1) is 10.1 Å². The Morgan fingerprint density at radius 2 is 1.88 bits per heavy atom. The van der Waals surface area contributed by atoms with Crippen LogP contribution in [0.3, 0.4) is 0 Å². The van der Waals surface area contributed by atoms with E-state index in [1.54, 1.807) is 0 Å². The molecule has 1 heterocycles. The molecule has 132 valence electrons. The smallest absolute Gasteiger partial charge is 0.395 e. The molecule has 1 aliphatic rings. The number of carbonyl (C=O) groups excluding carboxylic acids is 1. The van der Waals surface area contributed by atoms with Gasteiger partial charge in [-0.3, -0.25) is 19.8 Å². The zero-order valence-corrected chi connectivity index (χ0v) is 12.6. The summed E-state index contributed by atoms with van der Waals surface area (Å²) in [4.78, 5) is 25.8. The Balaban J connectivity index is 2.22. The summed E-state index contributed by atoms with van der Waals surface area (Å²) in [7, 11) is 0. The van der Waals surface area contributed by atoms with Gasteiger partial charge in [0.1, 0.15) is 5.56 Å². The van der Waals surface area contributed by atoms with Crippen molar-refractivity contribution < 1.29 is 28.0 Å². The molecule has 0 aliphatic carbocycles. The Hall–Kier alpha value is -2.20. The van der Waals surface area contributed by atoms with Crippen molar-refractivity contribution in [3.8, 4) is 0 Å². The average Bonchev–Trinajstić information content (AvgIpc) is 2.53. The first-order valence-electron chi connectivity index (χ1n) is 7.22. The van der Waals surface area contributed by atoms with E-state index in [0.717, 1.165) is 6.07 Å². The second kappa shape index (κ2) is 7.14. The van der Waals surface area contributed by atoms with Gasteiger partial charge in [-0.25, -0.2) is 0 Å². The van der Waals surface area contributed by atoms with E-state index in [1.165, 1.54) is 4.90 Å². The molecular weight excluding hydrogens is 331 g/mol. The average molecular weight is 347 g/mol. The molecule has 1 saturated heterocycles. The number of alkyl halides is 3. The third kappa shape index (κ3) is 4.01. The lowest BCUT2D eigenvalue weighted by molar-refractivity contribution is -0.385. The molecule has 1 amide bonds. The first-order chi connectivity index (χ1) is 11.2. The summed E-state index contributed by atoms with van der Waals surface area (Å²) in [6.07, 6.45) is -4.72. The Morgan fingerprint density at radius 3 is 2.38 bits per heavy atom. The molecule has 1 aromatic rings. The van der Waals surface area contributed by atoms with Gasteiger partial charge < -0.3 is 10.0 Å². The fourth-order valence-corrected chi connectivity index (χ4v) is 2.53. The summed E-state index contributed by atoms with van der Waals surface area (Å²) in [6.45, 7) is 2.00. The Labute approximate surface area is 135 Å². The molecule has 0 atom stereocenters. The minimum Gasteiger partial charge on any atom is -0.395 e. The zero-order valence-electron chi connectivity index (χ0n) is 12.6. The number of nitro groups is 1. The number of halogens is 3. The summed E-state index contributed by atoms with van der Waals surface area (Å²) < 4.78 is 38.1. The predicted octanol–water partition coefficient (Wildman–Crippen LogP) is 1.36. The maximum atomic E-state index is 12.7. The van der Waals surface area contributed by atoms with Crippen LogP contribution < -0.4 is 0 Å². The van der Waals surface area contributed by atoms with Gasteiger partial charge in [-0.2, -0.15) is 13.2 Å². The van der Waals surface area contributed by atoms with Crippen LogP contribution in [0.1, 0.15) is 15.9 Å². The molecule has 7 nitrogen and oxygen atoms in total. The van der Waals surface area contributed by atoms with Crippen LogP contribution in [0.5, 0.6) is 0 Å². The van der Waals surface area contributed by atoms with Crippen LogP contribution in [-0.2, 0) is 6.18 Å². The van der Waals surface area contributed by atoms with Gasteiger partial charge in [0.05, 0.1) is 17.1 Å². The van der Waals surface area contributed by atoms with E-state index >= 15 is 0 Å². The summed E-state index contributed by atoms with van der Waals surface area (Å²) in [6, 6.07) is 1.90. The first kappa shape index (κ1) is 18.1. The lowest BCUT2D eigenvalue weighted by Crippen LogP contribution is -2.49. The summed E-state index contributed by atoms with van der Waals surface area (Å²) in [5.41, 5.74) is -2.38. The molecule has 0 aromatic heterocycles. The fourth-order valence-electron chi connectivity index (χ4n) is 2.53. The molecule has 1 aliphatic heterocycles.